The van der Waals surface area contributed by atoms with Gasteiger partial charge in [-0.25, -0.2) is 0 Å². The fraction of sp³-hybridized carbons (Fsp3) is 0.364. The average molecular weight is 250 g/mol. The van der Waals surface area contributed by atoms with Gasteiger partial charge in [0.1, 0.15) is 5.75 Å². The molecule has 96 valence electrons. The fourth-order valence-corrected chi connectivity index (χ4v) is 2.11. The molecule has 1 aromatic heterocycles. The molecule has 1 aliphatic heterocycles. The molecule has 0 bridgehead atoms. The SMILES string of the molecule is N/C(=N/O)C1CCCN1C(=O)c1ccncc1O. The number of aromatic nitrogens is 1. The van der Waals surface area contributed by atoms with E-state index in [2.05, 4.69) is 10.1 Å². The van der Waals surface area contributed by atoms with Crippen LogP contribution in [0.15, 0.2) is 23.6 Å². The average Bonchev–Trinajstić information content (AvgIpc) is 2.86. The van der Waals surface area contributed by atoms with E-state index >= 15 is 0 Å². The molecule has 2 rings (SSSR count). The van der Waals surface area contributed by atoms with Gasteiger partial charge in [-0.15, -0.1) is 0 Å². The van der Waals surface area contributed by atoms with E-state index in [0.717, 1.165) is 6.42 Å². The Balaban J connectivity index is 2.26. The maximum Gasteiger partial charge on any atom is 0.258 e. The summed E-state index contributed by atoms with van der Waals surface area (Å²) >= 11 is 0. The van der Waals surface area contributed by atoms with Crippen molar-refractivity contribution in [1.29, 1.82) is 0 Å². The first kappa shape index (κ1) is 12.2. The van der Waals surface area contributed by atoms with Crippen molar-refractivity contribution >= 4 is 11.7 Å². The third-order valence-corrected chi connectivity index (χ3v) is 3.00. The van der Waals surface area contributed by atoms with E-state index in [1.165, 1.54) is 23.4 Å². The predicted octanol–water partition coefficient (Wildman–Crippen LogP) is 0.138. The number of pyridine rings is 1. The van der Waals surface area contributed by atoms with Crippen LogP contribution in [0, 0.1) is 0 Å². The van der Waals surface area contributed by atoms with E-state index in [9.17, 15) is 9.90 Å². The van der Waals surface area contributed by atoms with Gasteiger partial charge in [0.05, 0.1) is 17.8 Å². The second-order valence-corrected chi connectivity index (χ2v) is 4.07. The fourth-order valence-electron chi connectivity index (χ4n) is 2.11. The molecule has 0 spiro atoms. The zero-order chi connectivity index (χ0) is 13.1. The summed E-state index contributed by atoms with van der Waals surface area (Å²) in [5.74, 6) is -0.508. The lowest BCUT2D eigenvalue weighted by Crippen LogP contribution is -2.43. The molecule has 2 heterocycles. The Hall–Kier alpha value is -2.31. The lowest BCUT2D eigenvalue weighted by Gasteiger charge is -2.23. The highest BCUT2D eigenvalue weighted by Crippen LogP contribution is 2.23. The molecule has 0 aliphatic carbocycles. The molecule has 1 unspecified atom stereocenters. The standard InChI is InChI=1S/C11H14N4O3/c12-10(14-18)8-2-1-5-15(8)11(17)7-3-4-13-6-9(7)16/h3-4,6,8,16,18H,1-2,5H2,(H2,12,14). The summed E-state index contributed by atoms with van der Waals surface area (Å²) in [4.78, 5) is 17.4. The monoisotopic (exact) mass is 250 g/mol. The van der Waals surface area contributed by atoms with Crippen molar-refractivity contribution < 1.29 is 15.1 Å². The predicted molar refractivity (Wildman–Crippen MR) is 63.4 cm³/mol. The molecular weight excluding hydrogens is 236 g/mol. The quantitative estimate of drug-likeness (QED) is 0.299. The molecule has 18 heavy (non-hydrogen) atoms. The van der Waals surface area contributed by atoms with Crippen molar-refractivity contribution in [3.63, 3.8) is 0 Å². The van der Waals surface area contributed by atoms with Gasteiger partial charge in [0, 0.05) is 12.7 Å². The van der Waals surface area contributed by atoms with Crippen LogP contribution in [0.25, 0.3) is 0 Å². The maximum atomic E-state index is 12.2. The number of carbonyl (C=O) groups is 1. The zero-order valence-corrected chi connectivity index (χ0v) is 9.65. The number of nitrogens with zero attached hydrogens (tertiary/aromatic N) is 3. The van der Waals surface area contributed by atoms with Gasteiger partial charge in [0.2, 0.25) is 0 Å². The minimum Gasteiger partial charge on any atom is -0.505 e. The molecule has 1 atom stereocenters. The number of hydrogen-bond acceptors (Lipinski definition) is 5. The first-order valence-electron chi connectivity index (χ1n) is 5.56. The number of aromatic hydroxyl groups is 1. The maximum absolute atomic E-state index is 12.2. The van der Waals surface area contributed by atoms with Crippen LogP contribution < -0.4 is 5.73 Å². The van der Waals surface area contributed by atoms with Crippen LogP contribution in [0.3, 0.4) is 0 Å². The van der Waals surface area contributed by atoms with Crippen LogP contribution >= 0.6 is 0 Å². The van der Waals surface area contributed by atoms with Gasteiger partial charge >= 0.3 is 0 Å². The molecule has 7 nitrogen and oxygen atoms in total. The number of nitrogens with two attached hydrogens (primary N) is 1. The second kappa shape index (κ2) is 4.91. The number of amides is 1. The van der Waals surface area contributed by atoms with E-state index in [4.69, 9.17) is 10.9 Å². The van der Waals surface area contributed by atoms with Crippen molar-refractivity contribution in [2.45, 2.75) is 18.9 Å². The highest BCUT2D eigenvalue weighted by Gasteiger charge is 2.33. The van der Waals surface area contributed by atoms with Crippen molar-refractivity contribution in [1.82, 2.24) is 9.88 Å². The Kier molecular flexibility index (Phi) is 3.31. The van der Waals surface area contributed by atoms with Gasteiger partial charge in [-0.2, -0.15) is 0 Å². The highest BCUT2D eigenvalue weighted by atomic mass is 16.4. The normalized spacial score (nSPS) is 20.1. The number of rotatable bonds is 2. The van der Waals surface area contributed by atoms with Crippen LogP contribution in [0.4, 0.5) is 0 Å². The van der Waals surface area contributed by atoms with Crippen molar-refractivity contribution in [3.05, 3.63) is 24.0 Å². The number of likely N-dealkylation sites (tertiary alicyclic amines) is 1. The molecule has 7 heteroatoms. The van der Waals surface area contributed by atoms with E-state index < -0.39 is 6.04 Å². The lowest BCUT2D eigenvalue weighted by molar-refractivity contribution is 0.0764. The van der Waals surface area contributed by atoms with E-state index in [1.54, 1.807) is 0 Å². The number of hydrogen-bond donors (Lipinski definition) is 3. The third-order valence-electron chi connectivity index (χ3n) is 3.00. The Bertz CT molecular complexity index is 489. The molecule has 1 aliphatic rings. The van der Waals surface area contributed by atoms with Gasteiger partial charge in [-0.3, -0.25) is 9.78 Å². The van der Waals surface area contributed by atoms with Gasteiger partial charge < -0.3 is 20.9 Å². The first-order valence-corrected chi connectivity index (χ1v) is 5.56. The van der Waals surface area contributed by atoms with Gasteiger partial charge in [0.25, 0.3) is 5.91 Å². The molecular formula is C11H14N4O3. The van der Waals surface area contributed by atoms with Crippen molar-refractivity contribution in [2.24, 2.45) is 10.9 Å². The van der Waals surface area contributed by atoms with Crippen LogP contribution in [0.2, 0.25) is 0 Å². The zero-order valence-electron chi connectivity index (χ0n) is 9.65. The summed E-state index contributed by atoms with van der Waals surface area (Å²) in [6, 6.07) is 1.02. The molecule has 0 saturated carbocycles. The Morgan fingerprint density at radius 2 is 2.39 bits per heavy atom. The summed E-state index contributed by atoms with van der Waals surface area (Å²) < 4.78 is 0. The van der Waals surface area contributed by atoms with E-state index in [-0.39, 0.29) is 23.1 Å². The van der Waals surface area contributed by atoms with Crippen LogP contribution in [-0.2, 0) is 0 Å². The molecule has 1 saturated heterocycles. The third kappa shape index (κ3) is 2.06. The van der Waals surface area contributed by atoms with E-state index in [0.29, 0.717) is 13.0 Å². The lowest BCUT2D eigenvalue weighted by atomic mass is 10.1. The summed E-state index contributed by atoms with van der Waals surface area (Å²) in [5, 5.41) is 21.2. The summed E-state index contributed by atoms with van der Waals surface area (Å²) in [6.07, 6.45) is 4.06. The Morgan fingerprint density at radius 1 is 1.61 bits per heavy atom. The molecule has 1 fully saturated rings. The topological polar surface area (TPSA) is 112 Å². The summed E-state index contributed by atoms with van der Waals surface area (Å²) in [7, 11) is 0. The Labute approximate surface area is 104 Å². The highest BCUT2D eigenvalue weighted by molar-refractivity contribution is 6.00. The largest absolute Gasteiger partial charge is 0.505 e. The number of carbonyl (C=O) groups excluding carboxylic acids is 1. The number of amidine groups is 1. The van der Waals surface area contributed by atoms with Gasteiger partial charge in [-0.05, 0) is 18.9 Å². The van der Waals surface area contributed by atoms with Gasteiger partial charge in [0.15, 0.2) is 5.84 Å². The summed E-state index contributed by atoms with van der Waals surface area (Å²) in [6.45, 7) is 0.515. The minimum absolute atomic E-state index is 0.00870. The molecule has 4 N–H and O–H groups in total. The smallest absolute Gasteiger partial charge is 0.258 e. The number of oxime groups is 1. The van der Waals surface area contributed by atoms with Crippen LogP contribution in [0.1, 0.15) is 23.2 Å². The molecule has 0 radical (unpaired) electrons. The first-order chi connectivity index (χ1) is 8.65. The summed E-state index contributed by atoms with van der Waals surface area (Å²) in [5.41, 5.74) is 5.72. The van der Waals surface area contributed by atoms with Gasteiger partial charge in [-0.1, -0.05) is 5.16 Å². The van der Waals surface area contributed by atoms with E-state index in [1.807, 2.05) is 0 Å². The minimum atomic E-state index is -0.421. The van der Waals surface area contributed by atoms with Crippen LogP contribution in [-0.4, -0.2) is 44.5 Å². The molecule has 0 aromatic carbocycles. The Morgan fingerprint density at radius 3 is 3.06 bits per heavy atom. The van der Waals surface area contributed by atoms with Crippen molar-refractivity contribution in [2.75, 3.05) is 6.54 Å². The van der Waals surface area contributed by atoms with Crippen molar-refractivity contribution in [3.8, 4) is 5.75 Å². The second-order valence-electron chi connectivity index (χ2n) is 4.07. The molecule has 1 aromatic rings. The molecule has 1 amide bonds. The van der Waals surface area contributed by atoms with Crippen LogP contribution in [0.5, 0.6) is 5.75 Å².